The van der Waals surface area contributed by atoms with Crippen molar-refractivity contribution in [3.05, 3.63) is 57.1 Å². The highest BCUT2D eigenvalue weighted by atomic mass is 35.5. The number of nitrogens with zero attached hydrogens (tertiary/aromatic N) is 2. The van der Waals surface area contributed by atoms with Crippen molar-refractivity contribution < 1.29 is 14.4 Å². The van der Waals surface area contributed by atoms with Crippen molar-refractivity contribution in [1.82, 2.24) is 0 Å². The van der Waals surface area contributed by atoms with Crippen molar-refractivity contribution in [2.75, 3.05) is 19.1 Å². The summed E-state index contributed by atoms with van der Waals surface area (Å²) >= 11 is 5.81. The molecule has 0 aliphatic carbocycles. The van der Waals surface area contributed by atoms with Gasteiger partial charge in [-0.2, -0.15) is 5.10 Å². The third-order valence-corrected chi connectivity index (χ3v) is 3.26. The summed E-state index contributed by atoms with van der Waals surface area (Å²) in [5.74, 6) is 0.381. The first-order valence-corrected chi connectivity index (χ1v) is 7.46. The van der Waals surface area contributed by atoms with Crippen LogP contribution in [0.5, 0.6) is 11.5 Å². The Balaban J connectivity index is 2.27. The van der Waals surface area contributed by atoms with Crippen LogP contribution in [0.25, 0.3) is 0 Å². The highest BCUT2D eigenvalue weighted by molar-refractivity contribution is 6.30. The molecule has 0 spiro atoms. The van der Waals surface area contributed by atoms with Crippen LogP contribution in [0.3, 0.4) is 0 Å². The smallest absolute Gasteiger partial charge is 0.315 e. The van der Waals surface area contributed by atoms with Gasteiger partial charge in [0.1, 0.15) is 0 Å². The molecular formula is C16H16ClN3O4. The lowest BCUT2D eigenvalue weighted by Gasteiger charge is -2.10. The van der Waals surface area contributed by atoms with Crippen LogP contribution in [0.2, 0.25) is 5.02 Å². The Morgan fingerprint density at radius 1 is 1.33 bits per heavy atom. The molecule has 126 valence electrons. The number of halogens is 1. The molecule has 0 aliphatic heterocycles. The van der Waals surface area contributed by atoms with E-state index < -0.39 is 4.92 Å². The summed E-state index contributed by atoms with van der Waals surface area (Å²) < 4.78 is 10.5. The average Bonchev–Trinajstić information content (AvgIpc) is 2.56. The molecule has 7 nitrogen and oxygen atoms in total. The van der Waals surface area contributed by atoms with Gasteiger partial charge in [0.05, 0.1) is 30.5 Å². The Morgan fingerprint density at radius 2 is 2.04 bits per heavy atom. The predicted molar refractivity (Wildman–Crippen MR) is 93.5 cm³/mol. The summed E-state index contributed by atoms with van der Waals surface area (Å²) in [6.07, 6.45) is 1.46. The van der Waals surface area contributed by atoms with Crippen molar-refractivity contribution in [3.63, 3.8) is 0 Å². The third kappa shape index (κ3) is 4.36. The summed E-state index contributed by atoms with van der Waals surface area (Å²) in [5.41, 5.74) is 3.88. The fraction of sp³-hybridized carbons (Fsp3) is 0.188. The van der Waals surface area contributed by atoms with E-state index in [1.54, 1.807) is 37.3 Å². The zero-order valence-corrected chi connectivity index (χ0v) is 13.9. The van der Waals surface area contributed by atoms with Gasteiger partial charge >= 0.3 is 5.69 Å². The molecule has 0 heterocycles. The number of nitrogens with one attached hydrogen (secondary N) is 1. The van der Waals surface area contributed by atoms with Crippen LogP contribution in [0.1, 0.15) is 12.5 Å². The van der Waals surface area contributed by atoms with Crippen molar-refractivity contribution in [3.8, 4) is 11.5 Å². The zero-order valence-electron chi connectivity index (χ0n) is 13.2. The Kier molecular flexibility index (Phi) is 5.97. The van der Waals surface area contributed by atoms with Crippen LogP contribution in [0.4, 0.5) is 11.4 Å². The van der Waals surface area contributed by atoms with Crippen LogP contribution >= 0.6 is 11.6 Å². The van der Waals surface area contributed by atoms with E-state index in [1.165, 1.54) is 19.4 Å². The van der Waals surface area contributed by atoms with E-state index in [-0.39, 0.29) is 11.4 Å². The van der Waals surface area contributed by atoms with Gasteiger partial charge in [-0.1, -0.05) is 11.6 Å². The van der Waals surface area contributed by atoms with E-state index in [2.05, 4.69) is 10.5 Å². The SMILES string of the molecule is CCOc1cc(/C=N/Nc2ccc(Cl)cc2)cc([N+](=O)[O-])c1OC. The van der Waals surface area contributed by atoms with E-state index in [0.717, 1.165) is 5.69 Å². The summed E-state index contributed by atoms with van der Waals surface area (Å²) in [6, 6.07) is 9.98. The number of nitro benzene ring substituents is 1. The van der Waals surface area contributed by atoms with E-state index in [9.17, 15) is 10.1 Å². The first kappa shape index (κ1) is 17.6. The van der Waals surface area contributed by atoms with Crippen molar-refractivity contribution in [2.24, 2.45) is 5.10 Å². The molecule has 0 unspecified atom stereocenters. The van der Waals surface area contributed by atoms with Crippen molar-refractivity contribution in [2.45, 2.75) is 6.92 Å². The van der Waals surface area contributed by atoms with Gasteiger partial charge in [0.25, 0.3) is 0 Å². The lowest BCUT2D eigenvalue weighted by Crippen LogP contribution is -2.01. The minimum absolute atomic E-state index is 0.0876. The van der Waals surface area contributed by atoms with Crippen LogP contribution in [0, 0.1) is 10.1 Å². The van der Waals surface area contributed by atoms with Gasteiger partial charge in [-0.25, -0.2) is 0 Å². The molecule has 0 radical (unpaired) electrons. The molecule has 8 heteroatoms. The predicted octanol–water partition coefficient (Wildman–Crippen LogP) is 4.10. The van der Waals surface area contributed by atoms with Gasteiger partial charge in [0.15, 0.2) is 5.75 Å². The number of hydrogen-bond donors (Lipinski definition) is 1. The standard InChI is InChI=1S/C16H16ClN3O4/c1-3-24-15-9-11(8-14(20(21)22)16(15)23-2)10-18-19-13-6-4-12(17)5-7-13/h4-10,19H,3H2,1-2H3/b18-10+. The molecule has 0 fully saturated rings. The maximum absolute atomic E-state index is 11.2. The number of ether oxygens (including phenoxy) is 2. The number of benzene rings is 2. The molecule has 0 atom stereocenters. The molecule has 0 saturated carbocycles. The molecule has 24 heavy (non-hydrogen) atoms. The van der Waals surface area contributed by atoms with Gasteiger partial charge < -0.3 is 9.47 Å². The minimum atomic E-state index is -0.523. The second-order valence-electron chi connectivity index (χ2n) is 4.64. The van der Waals surface area contributed by atoms with Gasteiger partial charge in [0.2, 0.25) is 5.75 Å². The Labute approximate surface area is 144 Å². The van der Waals surface area contributed by atoms with Crippen LogP contribution < -0.4 is 14.9 Å². The Bertz CT molecular complexity index is 748. The molecular weight excluding hydrogens is 334 g/mol. The summed E-state index contributed by atoms with van der Waals surface area (Å²) in [7, 11) is 1.36. The number of hydrazone groups is 1. The fourth-order valence-corrected chi connectivity index (χ4v) is 2.12. The highest BCUT2D eigenvalue weighted by Crippen LogP contribution is 2.37. The quantitative estimate of drug-likeness (QED) is 0.462. The van der Waals surface area contributed by atoms with Gasteiger partial charge in [-0.3, -0.25) is 15.5 Å². The lowest BCUT2D eigenvalue weighted by atomic mass is 10.2. The van der Waals surface area contributed by atoms with E-state index >= 15 is 0 Å². The highest BCUT2D eigenvalue weighted by Gasteiger charge is 2.21. The summed E-state index contributed by atoms with van der Waals surface area (Å²) in [5, 5.41) is 15.9. The Hall–Kier alpha value is -2.80. The molecule has 1 N–H and O–H groups in total. The largest absolute Gasteiger partial charge is 0.490 e. The van der Waals surface area contributed by atoms with Crippen LogP contribution in [0.15, 0.2) is 41.5 Å². The number of nitro groups is 1. The molecule has 0 saturated heterocycles. The lowest BCUT2D eigenvalue weighted by molar-refractivity contribution is -0.385. The number of methoxy groups -OCH3 is 1. The third-order valence-electron chi connectivity index (χ3n) is 3.01. The first-order chi connectivity index (χ1) is 11.5. The Morgan fingerprint density at radius 3 is 2.62 bits per heavy atom. The molecule has 2 aromatic rings. The number of rotatable bonds is 7. The number of anilines is 1. The maximum atomic E-state index is 11.2. The normalized spacial score (nSPS) is 10.6. The van der Waals surface area contributed by atoms with Gasteiger partial charge in [-0.05, 0) is 37.3 Å². The van der Waals surface area contributed by atoms with E-state index in [0.29, 0.717) is 22.9 Å². The fourth-order valence-electron chi connectivity index (χ4n) is 1.99. The maximum Gasteiger partial charge on any atom is 0.315 e. The second-order valence-corrected chi connectivity index (χ2v) is 5.07. The average molecular weight is 350 g/mol. The van der Waals surface area contributed by atoms with Crippen molar-refractivity contribution in [1.29, 1.82) is 0 Å². The van der Waals surface area contributed by atoms with Gasteiger partial charge in [-0.15, -0.1) is 0 Å². The molecule has 2 aromatic carbocycles. The molecule has 0 aromatic heterocycles. The monoisotopic (exact) mass is 349 g/mol. The van der Waals surface area contributed by atoms with Gasteiger partial charge in [0, 0.05) is 16.7 Å². The summed E-state index contributed by atoms with van der Waals surface area (Å²) in [4.78, 5) is 10.7. The minimum Gasteiger partial charge on any atom is -0.490 e. The molecule has 0 amide bonds. The second kappa shape index (κ2) is 8.16. The molecule has 0 bridgehead atoms. The van der Waals surface area contributed by atoms with Crippen LogP contribution in [-0.4, -0.2) is 24.9 Å². The molecule has 0 aliphatic rings. The van der Waals surface area contributed by atoms with Crippen LogP contribution in [-0.2, 0) is 0 Å². The molecule has 2 rings (SSSR count). The first-order valence-electron chi connectivity index (χ1n) is 7.09. The number of hydrogen-bond acceptors (Lipinski definition) is 6. The topological polar surface area (TPSA) is 86.0 Å². The van der Waals surface area contributed by atoms with E-state index in [4.69, 9.17) is 21.1 Å². The van der Waals surface area contributed by atoms with Crippen molar-refractivity contribution >= 4 is 29.2 Å². The van der Waals surface area contributed by atoms with E-state index in [1.807, 2.05) is 0 Å². The zero-order chi connectivity index (χ0) is 17.5. The summed E-state index contributed by atoms with van der Waals surface area (Å²) in [6.45, 7) is 2.14.